The Labute approximate surface area is 150 Å². The van der Waals surface area contributed by atoms with Gasteiger partial charge in [-0.25, -0.2) is 0 Å². The molecule has 0 fully saturated rings. The molecule has 0 spiro atoms. The van der Waals surface area contributed by atoms with E-state index in [9.17, 15) is 9.59 Å². The molecule has 0 atom stereocenters. The summed E-state index contributed by atoms with van der Waals surface area (Å²) in [6.45, 7) is 3.98. The van der Waals surface area contributed by atoms with Gasteiger partial charge in [0.1, 0.15) is 0 Å². The fourth-order valence-corrected chi connectivity index (χ4v) is 3.52. The second kappa shape index (κ2) is 7.57. The van der Waals surface area contributed by atoms with Crippen LogP contribution in [0.4, 0.5) is 0 Å². The molecule has 0 bridgehead atoms. The molecule has 0 saturated heterocycles. The summed E-state index contributed by atoms with van der Waals surface area (Å²) in [6.07, 6.45) is 0. The Hall–Kier alpha value is -2.53. The minimum Gasteiger partial charge on any atom is -0.351 e. The van der Waals surface area contributed by atoms with Gasteiger partial charge < -0.3 is 10.3 Å². The first kappa shape index (κ1) is 17.3. The largest absolute Gasteiger partial charge is 0.351 e. The lowest BCUT2D eigenvalue weighted by Gasteiger charge is -2.08. The van der Waals surface area contributed by atoms with Gasteiger partial charge in [0.2, 0.25) is 5.91 Å². The quantitative estimate of drug-likeness (QED) is 0.690. The molecule has 2 aromatic carbocycles. The van der Waals surface area contributed by atoms with Crippen molar-refractivity contribution >= 4 is 28.4 Å². The lowest BCUT2D eigenvalue weighted by molar-refractivity contribution is -0.118. The number of carbonyl (C=O) groups is 1. The van der Waals surface area contributed by atoms with Crippen LogP contribution in [0.2, 0.25) is 0 Å². The Balaban J connectivity index is 1.58. The maximum Gasteiger partial charge on any atom is 0.253 e. The predicted octanol–water partition coefficient (Wildman–Crippen LogP) is 3.55. The van der Waals surface area contributed by atoms with Gasteiger partial charge in [-0.15, -0.1) is 11.8 Å². The van der Waals surface area contributed by atoms with Crippen LogP contribution in [-0.4, -0.2) is 16.6 Å². The first-order valence-corrected chi connectivity index (χ1v) is 9.09. The van der Waals surface area contributed by atoms with Gasteiger partial charge in [0, 0.05) is 22.7 Å². The van der Waals surface area contributed by atoms with E-state index in [-0.39, 0.29) is 18.0 Å². The Morgan fingerprint density at radius 1 is 1.08 bits per heavy atom. The van der Waals surface area contributed by atoms with Crippen LogP contribution in [-0.2, 0) is 11.3 Å². The third kappa shape index (κ3) is 4.31. The second-order valence-electron chi connectivity index (χ2n) is 6.02. The molecule has 1 heterocycles. The molecular weight excluding hydrogens is 332 g/mol. The highest BCUT2D eigenvalue weighted by atomic mass is 32.2. The van der Waals surface area contributed by atoms with Crippen LogP contribution < -0.4 is 10.9 Å². The van der Waals surface area contributed by atoms with Gasteiger partial charge in [0.15, 0.2) is 0 Å². The number of aromatic amines is 1. The van der Waals surface area contributed by atoms with E-state index in [4.69, 9.17) is 0 Å². The van der Waals surface area contributed by atoms with Crippen LogP contribution in [0.3, 0.4) is 0 Å². The lowest BCUT2D eigenvalue weighted by Crippen LogP contribution is -2.29. The van der Waals surface area contributed by atoms with Crippen LogP contribution in [0.25, 0.3) is 10.8 Å². The maximum atomic E-state index is 12.1. The Morgan fingerprint density at radius 3 is 2.60 bits per heavy atom. The molecule has 3 rings (SSSR count). The van der Waals surface area contributed by atoms with E-state index < -0.39 is 0 Å². The summed E-state index contributed by atoms with van der Waals surface area (Å²) in [6, 6.07) is 16.2. The number of nitrogens with one attached hydrogen (secondary N) is 2. The fraction of sp³-hybridized carbons (Fsp3) is 0.200. The van der Waals surface area contributed by atoms with Gasteiger partial charge in [-0.1, -0.05) is 30.3 Å². The standard InChI is InChI=1S/C20H20N2O2S/c1-13-9-14(2)22-20(24)18(13)11-21-19(23)12-25-17-8-7-15-5-3-4-6-16(15)10-17/h3-10H,11-12H2,1-2H3,(H,21,23)(H,22,24). The number of thioether (sulfide) groups is 1. The first-order valence-electron chi connectivity index (χ1n) is 8.10. The van der Waals surface area contributed by atoms with Gasteiger partial charge >= 0.3 is 0 Å². The predicted molar refractivity (Wildman–Crippen MR) is 103 cm³/mol. The van der Waals surface area contributed by atoms with E-state index in [2.05, 4.69) is 34.6 Å². The molecule has 5 heteroatoms. The average molecular weight is 352 g/mol. The zero-order chi connectivity index (χ0) is 17.8. The van der Waals surface area contributed by atoms with Gasteiger partial charge in [0.25, 0.3) is 5.56 Å². The summed E-state index contributed by atoms with van der Waals surface area (Å²) >= 11 is 1.49. The number of aryl methyl sites for hydroxylation is 2. The number of pyridine rings is 1. The van der Waals surface area contributed by atoms with Gasteiger partial charge in [0.05, 0.1) is 5.75 Å². The number of rotatable bonds is 5. The van der Waals surface area contributed by atoms with E-state index in [0.29, 0.717) is 11.3 Å². The summed E-state index contributed by atoms with van der Waals surface area (Å²) in [7, 11) is 0. The second-order valence-corrected chi connectivity index (χ2v) is 7.07. The van der Waals surface area contributed by atoms with Gasteiger partial charge in [-0.2, -0.15) is 0 Å². The third-order valence-corrected chi connectivity index (χ3v) is 5.04. The van der Waals surface area contributed by atoms with Crippen molar-refractivity contribution in [3.05, 3.63) is 75.7 Å². The number of hydrogen-bond acceptors (Lipinski definition) is 3. The molecule has 2 N–H and O–H groups in total. The van der Waals surface area contributed by atoms with Crippen LogP contribution in [0, 0.1) is 13.8 Å². The number of benzene rings is 2. The molecule has 0 unspecified atom stereocenters. The Morgan fingerprint density at radius 2 is 1.84 bits per heavy atom. The van der Waals surface area contributed by atoms with E-state index >= 15 is 0 Å². The minimum absolute atomic E-state index is 0.0856. The molecular formula is C20H20N2O2S. The van der Waals surface area contributed by atoms with E-state index in [1.165, 1.54) is 17.1 Å². The summed E-state index contributed by atoms with van der Waals surface area (Å²) < 4.78 is 0. The molecule has 1 aromatic heterocycles. The maximum absolute atomic E-state index is 12.1. The SMILES string of the molecule is Cc1cc(C)c(CNC(=O)CSc2ccc3ccccc3c2)c(=O)[nH]1. The molecule has 0 aliphatic heterocycles. The number of hydrogen-bond donors (Lipinski definition) is 2. The average Bonchev–Trinajstić information content (AvgIpc) is 2.59. The highest BCUT2D eigenvalue weighted by molar-refractivity contribution is 8.00. The van der Waals surface area contributed by atoms with Crippen molar-refractivity contribution in [3.8, 4) is 0 Å². The lowest BCUT2D eigenvalue weighted by atomic mass is 10.1. The third-order valence-electron chi connectivity index (χ3n) is 4.05. The minimum atomic E-state index is -0.139. The Bertz CT molecular complexity index is 979. The highest BCUT2D eigenvalue weighted by Gasteiger charge is 2.08. The smallest absolute Gasteiger partial charge is 0.253 e. The van der Waals surface area contributed by atoms with Crippen molar-refractivity contribution in [2.24, 2.45) is 0 Å². The topological polar surface area (TPSA) is 62.0 Å². The van der Waals surface area contributed by atoms with Crippen molar-refractivity contribution in [1.82, 2.24) is 10.3 Å². The zero-order valence-electron chi connectivity index (χ0n) is 14.3. The summed E-state index contributed by atoms with van der Waals surface area (Å²) in [5.41, 5.74) is 2.18. The number of H-pyrrole nitrogens is 1. The molecule has 128 valence electrons. The van der Waals surface area contributed by atoms with E-state index in [0.717, 1.165) is 21.5 Å². The fourth-order valence-electron chi connectivity index (χ4n) is 2.75. The zero-order valence-corrected chi connectivity index (χ0v) is 15.1. The number of carbonyl (C=O) groups excluding carboxylic acids is 1. The monoisotopic (exact) mass is 352 g/mol. The molecule has 0 aliphatic rings. The number of fused-ring (bicyclic) bond motifs is 1. The summed E-state index contributed by atoms with van der Waals surface area (Å²) in [5, 5.41) is 5.18. The van der Waals surface area contributed by atoms with Crippen molar-refractivity contribution in [3.63, 3.8) is 0 Å². The molecule has 0 radical (unpaired) electrons. The van der Waals surface area contributed by atoms with Crippen LogP contribution in [0.1, 0.15) is 16.8 Å². The van der Waals surface area contributed by atoms with E-state index in [1.54, 1.807) is 0 Å². The van der Waals surface area contributed by atoms with Gasteiger partial charge in [-0.05, 0) is 48.4 Å². The van der Waals surface area contributed by atoms with Crippen LogP contribution in [0.15, 0.2) is 58.2 Å². The number of aromatic nitrogens is 1. The Kier molecular flexibility index (Phi) is 5.24. The van der Waals surface area contributed by atoms with Gasteiger partial charge in [-0.3, -0.25) is 9.59 Å². The van der Waals surface area contributed by atoms with Crippen LogP contribution >= 0.6 is 11.8 Å². The molecule has 0 saturated carbocycles. The van der Waals surface area contributed by atoms with Crippen molar-refractivity contribution in [2.45, 2.75) is 25.3 Å². The van der Waals surface area contributed by atoms with Crippen molar-refractivity contribution in [1.29, 1.82) is 0 Å². The van der Waals surface area contributed by atoms with Crippen molar-refractivity contribution < 1.29 is 4.79 Å². The molecule has 25 heavy (non-hydrogen) atoms. The molecule has 1 amide bonds. The summed E-state index contributed by atoms with van der Waals surface area (Å²) in [4.78, 5) is 27.9. The molecule has 4 nitrogen and oxygen atoms in total. The van der Waals surface area contributed by atoms with E-state index in [1.807, 2.05) is 38.1 Å². The summed E-state index contributed by atoms with van der Waals surface area (Å²) in [5.74, 6) is 0.235. The van der Waals surface area contributed by atoms with Crippen LogP contribution in [0.5, 0.6) is 0 Å². The number of amides is 1. The first-order chi connectivity index (χ1) is 12.0. The normalized spacial score (nSPS) is 10.8. The van der Waals surface area contributed by atoms with Crippen molar-refractivity contribution in [2.75, 3.05) is 5.75 Å². The molecule has 3 aromatic rings. The highest BCUT2D eigenvalue weighted by Crippen LogP contribution is 2.23. The molecule has 0 aliphatic carbocycles.